The fraction of sp³-hybridized carbons (Fsp3) is 0.189. The van der Waals surface area contributed by atoms with Crippen LogP contribution in [0.1, 0.15) is 72.8 Å². The van der Waals surface area contributed by atoms with Gasteiger partial charge in [0.1, 0.15) is 0 Å². The Labute approximate surface area is 293 Å². The molecule has 240 valence electrons. The molecule has 0 spiro atoms. The van der Waals surface area contributed by atoms with Crippen LogP contribution in [-0.2, 0) is 6.42 Å². The quantitative estimate of drug-likeness (QED) is 0.109. The van der Waals surface area contributed by atoms with Crippen LogP contribution in [-0.4, -0.2) is 46.3 Å². The van der Waals surface area contributed by atoms with Crippen LogP contribution in [0, 0.1) is 6.92 Å². The average Bonchev–Trinajstić information content (AvgIpc) is 3.06. The summed E-state index contributed by atoms with van der Waals surface area (Å²) in [4.78, 5) is 58.8. The third kappa shape index (κ3) is 3.82. The Morgan fingerprint density at radius 3 is 1.42 bits per heavy atom. The first kappa shape index (κ1) is 31.3. The van der Waals surface area contributed by atoms with Crippen molar-refractivity contribution in [3.63, 3.8) is 0 Å². The Morgan fingerprint density at radius 2 is 1.04 bits per heavy atom. The number of hydrogen-bond acceptors (Lipinski definition) is 5. The summed E-state index contributed by atoms with van der Waals surface area (Å²) < 4.78 is 0. The Bertz CT molecular complexity index is 2390. The first-order chi connectivity index (χ1) is 23.0. The summed E-state index contributed by atoms with van der Waals surface area (Å²) in [5, 5.41) is 13.8. The van der Waals surface area contributed by atoms with Crippen LogP contribution in [0.3, 0.4) is 0 Å². The molecule has 6 aromatic carbocycles. The van der Waals surface area contributed by atoms with Crippen LogP contribution in [0.5, 0.6) is 0 Å². The van der Waals surface area contributed by atoms with Crippen LogP contribution >= 0.6 is 46.4 Å². The first-order valence-corrected chi connectivity index (χ1v) is 16.9. The summed E-state index contributed by atoms with van der Waals surface area (Å²) in [6.07, 6.45) is 0.938. The van der Waals surface area contributed by atoms with Crippen LogP contribution in [0.4, 0.5) is 5.69 Å². The molecule has 2 heterocycles. The smallest absolute Gasteiger partial charge is 0.266 e. The molecule has 1 N–H and O–H groups in total. The number of halogens is 4. The number of imide groups is 2. The Balaban J connectivity index is 1.53. The van der Waals surface area contributed by atoms with Crippen molar-refractivity contribution in [2.24, 2.45) is 0 Å². The average molecular weight is 718 g/mol. The van der Waals surface area contributed by atoms with E-state index in [2.05, 4.69) is 0 Å². The van der Waals surface area contributed by atoms with Gasteiger partial charge in [0.25, 0.3) is 23.6 Å². The highest BCUT2D eigenvalue weighted by atomic mass is 35.5. The van der Waals surface area contributed by atoms with Crippen LogP contribution in [0.2, 0.25) is 20.1 Å². The van der Waals surface area contributed by atoms with E-state index in [4.69, 9.17) is 46.4 Å². The summed E-state index contributed by atoms with van der Waals surface area (Å²) in [7, 11) is 0. The molecule has 0 radical (unpaired) electrons. The molecule has 0 saturated heterocycles. The molecule has 2 aliphatic heterocycles. The number of aliphatic hydroxyl groups is 1. The van der Waals surface area contributed by atoms with Crippen molar-refractivity contribution in [2.75, 3.05) is 11.5 Å². The number of aryl methyl sites for hydroxylation is 2. The lowest BCUT2D eigenvalue weighted by Crippen LogP contribution is -2.48. The summed E-state index contributed by atoms with van der Waals surface area (Å²) in [5.74, 6) is -2.25. The van der Waals surface area contributed by atoms with Gasteiger partial charge in [-0.15, -0.1) is 0 Å². The number of hydrogen-bond donors (Lipinski definition) is 1. The highest BCUT2D eigenvalue weighted by Gasteiger charge is 2.41. The molecule has 8 rings (SSSR count). The molecular weight excluding hydrogens is 694 g/mol. The van der Waals surface area contributed by atoms with E-state index >= 15 is 0 Å². The van der Waals surface area contributed by atoms with E-state index in [1.807, 2.05) is 32.0 Å². The van der Waals surface area contributed by atoms with E-state index in [1.54, 1.807) is 6.92 Å². The van der Waals surface area contributed by atoms with E-state index in [9.17, 15) is 24.3 Å². The monoisotopic (exact) mass is 716 g/mol. The molecule has 0 bridgehead atoms. The normalized spacial score (nSPS) is 15.3. The zero-order valence-corrected chi connectivity index (χ0v) is 28.8. The maximum Gasteiger partial charge on any atom is 0.266 e. The van der Waals surface area contributed by atoms with E-state index in [0.29, 0.717) is 61.6 Å². The molecular formula is C37H24Cl4N2O5. The third-order valence-corrected chi connectivity index (χ3v) is 11.0. The second-order valence-corrected chi connectivity index (χ2v) is 13.9. The first-order valence-electron chi connectivity index (χ1n) is 15.4. The van der Waals surface area contributed by atoms with Gasteiger partial charge in [-0.2, -0.15) is 0 Å². The Hall–Kier alpha value is -3.98. The SMILES string of the molecule is CCc1cccc(C)c1N1C(=O)c2cc(Cl)c3c4c(Cl)cc5c6c(cc(Cl)c(c7c(Cl)cc(c2c37)C1=O)c64)C(=O)N(C(CC)CO)C5=O. The Morgan fingerprint density at radius 1 is 0.625 bits per heavy atom. The molecule has 6 aromatic rings. The molecule has 1 atom stereocenters. The minimum absolute atomic E-state index is 0.152. The maximum atomic E-state index is 14.4. The van der Waals surface area contributed by atoms with Gasteiger partial charge in [0, 0.05) is 63.2 Å². The minimum Gasteiger partial charge on any atom is -0.394 e. The second-order valence-electron chi connectivity index (χ2n) is 12.2. The summed E-state index contributed by atoms with van der Waals surface area (Å²) in [6.45, 7) is 5.17. The number of carbonyl (C=O) groups is 4. The van der Waals surface area contributed by atoms with Crippen LogP contribution in [0.25, 0.3) is 43.1 Å². The molecule has 0 aliphatic carbocycles. The molecule has 4 amide bonds. The number of fused-ring (bicyclic) bond motifs is 2. The zero-order valence-electron chi connectivity index (χ0n) is 25.7. The number of amides is 4. The van der Waals surface area contributed by atoms with E-state index in [-0.39, 0.29) is 42.3 Å². The number of nitrogens with zero attached hydrogens (tertiary/aromatic N) is 2. The van der Waals surface area contributed by atoms with Crippen molar-refractivity contribution in [3.8, 4) is 0 Å². The van der Waals surface area contributed by atoms with Crippen LogP contribution in [0.15, 0.2) is 42.5 Å². The van der Waals surface area contributed by atoms with E-state index in [1.165, 1.54) is 29.2 Å². The molecule has 7 nitrogen and oxygen atoms in total. The van der Waals surface area contributed by atoms with Gasteiger partial charge < -0.3 is 5.11 Å². The van der Waals surface area contributed by atoms with Gasteiger partial charge in [-0.05, 0) is 55.2 Å². The summed E-state index contributed by atoms with van der Waals surface area (Å²) in [6, 6.07) is 10.9. The lowest BCUT2D eigenvalue weighted by atomic mass is 9.81. The number of anilines is 1. The van der Waals surface area contributed by atoms with Crippen molar-refractivity contribution in [1.29, 1.82) is 0 Å². The molecule has 0 saturated carbocycles. The van der Waals surface area contributed by atoms with Crippen molar-refractivity contribution < 1.29 is 24.3 Å². The zero-order chi connectivity index (χ0) is 34.1. The maximum absolute atomic E-state index is 14.4. The second kappa shape index (κ2) is 10.8. The van der Waals surface area contributed by atoms with Gasteiger partial charge in [0.05, 0.1) is 40.6 Å². The molecule has 2 aliphatic rings. The summed E-state index contributed by atoms with van der Waals surface area (Å²) in [5.41, 5.74) is 2.90. The number of para-hydroxylation sites is 1. The van der Waals surface area contributed by atoms with Crippen molar-refractivity contribution in [1.82, 2.24) is 4.90 Å². The number of rotatable bonds is 5. The minimum atomic E-state index is -0.749. The third-order valence-electron chi connectivity index (χ3n) is 9.86. The Kier molecular flexibility index (Phi) is 7.02. The number of aliphatic hydroxyl groups excluding tert-OH is 1. The van der Waals surface area contributed by atoms with Crippen LogP contribution < -0.4 is 4.90 Å². The molecule has 11 heteroatoms. The molecule has 48 heavy (non-hydrogen) atoms. The molecule has 0 aromatic heterocycles. The van der Waals surface area contributed by atoms with Crippen molar-refractivity contribution in [2.45, 2.75) is 39.7 Å². The number of benzene rings is 6. The highest BCUT2D eigenvalue weighted by Crippen LogP contribution is 2.54. The fourth-order valence-corrected chi connectivity index (χ4v) is 8.92. The molecule has 0 fully saturated rings. The van der Waals surface area contributed by atoms with Gasteiger partial charge in [-0.25, -0.2) is 4.90 Å². The van der Waals surface area contributed by atoms with Gasteiger partial charge in [0.15, 0.2) is 0 Å². The van der Waals surface area contributed by atoms with E-state index in [0.717, 1.165) is 16.0 Å². The van der Waals surface area contributed by atoms with Crippen molar-refractivity contribution >= 4 is 119 Å². The molecule has 1 unspecified atom stereocenters. The fourth-order valence-electron chi connectivity index (χ4n) is 7.73. The van der Waals surface area contributed by atoms with Crippen molar-refractivity contribution in [3.05, 3.63) is 95.9 Å². The van der Waals surface area contributed by atoms with Gasteiger partial charge in [0.2, 0.25) is 0 Å². The number of carbonyl (C=O) groups excluding carboxylic acids is 4. The standard InChI is InChI=1S/C37H24Cl4N2O5/c1-4-15-8-6-7-14(3)33(15)43-36(47)19-11-23(40)29-27-21(38)9-17-25-18(35(46)42(34(17)45)16(5-2)13-44)10-22(39)28(31(25)27)30-24(41)12-20(37(43)48)26(19)32(29)30/h6-12,16,44H,4-5,13H2,1-3H3. The largest absolute Gasteiger partial charge is 0.394 e. The lowest BCUT2D eigenvalue weighted by Gasteiger charge is -2.34. The predicted molar refractivity (Wildman–Crippen MR) is 191 cm³/mol. The van der Waals surface area contributed by atoms with Gasteiger partial charge in [-0.3, -0.25) is 24.1 Å². The predicted octanol–water partition coefficient (Wildman–Crippen LogP) is 9.39. The summed E-state index contributed by atoms with van der Waals surface area (Å²) >= 11 is 28.3. The highest BCUT2D eigenvalue weighted by molar-refractivity contribution is 6.56. The van der Waals surface area contributed by atoms with Gasteiger partial charge >= 0.3 is 0 Å². The lowest BCUT2D eigenvalue weighted by molar-refractivity contribution is 0.0465. The topological polar surface area (TPSA) is 95.0 Å². The van der Waals surface area contributed by atoms with Gasteiger partial charge in [-0.1, -0.05) is 78.5 Å². The van der Waals surface area contributed by atoms with E-state index < -0.39 is 36.3 Å².